The summed E-state index contributed by atoms with van der Waals surface area (Å²) in [6, 6.07) is 17.6. The van der Waals surface area contributed by atoms with Gasteiger partial charge in [0.25, 0.3) is 0 Å². The molecule has 3 rings (SSSR count). The van der Waals surface area contributed by atoms with Gasteiger partial charge in [-0.3, -0.25) is 4.98 Å². The molecule has 0 spiro atoms. The van der Waals surface area contributed by atoms with Crippen molar-refractivity contribution in [3.05, 3.63) is 77.0 Å². The van der Waals surface area contributed by atoms with E-state index in [1.165, 1.54) is 0 Å². The minimum Gasteiger partial charge on any atom is -0.497 e. The van der Waals surface area contributed by atoms with Gasteiger partial charge < -0.3 is 14.8 Å². The van der Waals surface area contributed by atoms with E-state index in [0.29, 0.717) is 6.61 Å². The van der Waals surface area contributed by atoms with Gasteiger partial charge in [-0.2, -0.15) is 0 Å². The number of aromatic nitrogens is 1. The molecule has 24 heavy (non-hydrogen) atoms. The SMILES string of the molecule is COc1cccc(COc2ccc(Nc3cccnc3)cc2Br)c1. The maximum Gasteiger partial charge on any atom is 0.134 e. The van der Waals surface area contributed by atoms with Crippen molar-refractivity contribution in [2.45, 2.75) is 6.61 Å². The number of anilines is 2. The van der Waals surface area contributed by atoms with Crippen LogP contribution in [0.4, 0.5) is 11.4 Å². The average Bonchev–Trinajstić information content (AvgIpc) is 2.62. The standard InChI is InChI=1S/C19H17BrN2O2/c1-23-17-6-2-4-14(10-17)13-24-19-8-7-15(11-18(19)20)22-16-5-3-9-21-12-16/h2-12,22H,13H2,1H3. The Balaban J connectivity index is 1.66. The van der Waals surface area contributed by atoms with E-state index in [4.69, 9.17) is 9.47 Å². The minimum atomic E-state index is 0.477. The third-order valence-electron chi connectivity index (χ3n) is 3.41. The number of pyridine rings is 1. The lowest BCUT2D eigenvalue weighted by Gasteiger charge is -2.11. The second-order valence-corrected chi connectivity index (χ2v) is 6.01. The number of benzene rings is 2. The second kappa shape index (κ2) is 7.84. The van der Waals surface area contributed by atoms with Crippen molar-refractivity contribution >= 4 is 27.3 Å². The third kappa shape index (κ3) is 4.26. The summed E-state index contributed by atoms with van der Waals surface area (Å²) in [5.74, 6) is 1.61. The zero-order valence-corrected chi connectivity index (χ0v) is 14.8. The van der Waals surface area contributed by atoms with Crippen LogP contribution in [0.2, 0.25) is 0 Å². The summed E-state index contributed by atoms with van der Waals surface area (Å²) in [6.07, 6.45) is 3.53. The summed E-state index contributed by atoms with van der Waals surface area (Å²) in [7, 11) is 1.66. The Bertz CT molecular complexity index is 809. The van der Waals surface area contributed by atoms with Gasteiger partial charge in [-0.15, -0.1) is 0 Å². The van der Waals surface area contributed by atoms with Gasteiger partial charge >= 0.3 is 0 Å². The van der Waals surface area contributed by atoms with E-state index in [9.17, 15) is 0 Å². The minimum absolute atomic E-state index is 0.477. The van der Waals surface area contributed by atoms with E-state index < -0.39 is 0 Å². The molecule has 0 saturated carbocycles. The fraction of sp³-hybridized carbons (Fsp3) is 0.105. The fourth-order valence-corrected chi connectivity index (χ4v) is 2.72. The highest BCUT2D eigenvalue weighted by Gasteiger charge is 2.04. The number of ether oxygens (including phenoxy) is 2. The Morgan fingerprint density at radius 2 is 1.96 bits per heavy atom. The molecular formula is C19H17BrN2O2. The average molecular weight is 385 g/mol. The molecule has 0 saturated heterocycles. The number of rotatable bonds is 6. The van der Waals surface area contributed by atoms with E-state index >= 15 is 0 Å². The highest BCUT2D eigenvalue weighted by Crippen LogP contribution is 2.30. The highest BCUT2D eigenvalue weighted by molar-refractivity contribution is 9.10. The molecule has 0 unspecified atom stereocenters. The normalized spacial score (nSPS) is 10.2. The van der Waals surface area contributed by atoms with Crippen molar-refractivity contribution in [1.29, 1.82) is 0 Å². The first-order valence-electron chi connectivity index (χ1n) is 7.47. The van der Waals surface area contributed by atoms with Crippen LogP contribution in [0.25, 0.3) is 0 Å². The van der Waals surface area contributed by atoms with Crippen LogP contribution in [0.15, 0.2) is 71.5 Å². The number of hydrogen-bond acceptors (Lipinski definition) is 4. The smallest absolute Gasteiger partial charge is 0.134 e. The molecule has 1 N–H and O–H groups in total. The van der Waals surface area contributed by atoms with Gasteiger partial charge in [0.2, 0.25) is 0 Å². The van der Waals surface area contributed by atoms with E-state index in [0.717, 1.165) is 32.9 Å². The first-order valence-corrected chi connectivity index (χ1v) is 8.26. The van der Waals surface area contributed by atoms with Crippen LogP contribution in [-0.2, 0) is 6.61 Å². The zero-order chi connectivity index (χ0) is 16.8. The molecule has 2 aromatic carbocycles. The van der Waals surface area contributed by atoms with Crippen molar-refractivity contribution in [2.75, 3.05) is 12.4 Å². The topological polar surface area (TPSA) is 43.4 Å². The number of nitrogens with one attached hydrogen (secondary N) is 1. The van der Waals surface area contributed by atoms with E-state index in [1.54, 1.807) is 19.5 Å². The van der Waals surface area contributed by atoms with Crippen LogP contribution in [0, 0.1) is 0 Å². The van der Waals surface area contributed by atoms with Crippen LogP contribution in [0.3, 0.4) is 0 Å². The predicted octanol–water partition coefficient (Wildman–Crippen LogP) is 5.18. The van der Waals surface area contributed by atoms with Gasteiger partial charge in [0, 0.05) is 11.9 Å². The molecular weight excluding hydrogens is 368 g/mol. The molecule has 122 valence electrons. The maximum atomic E-state index is 5.88. The largest absolute Gasteiger partial charge is 0.497 e. The fourth-order valence-electron chi connectivity index (χ4n) is 2.22. The molecule has 0 atom stereocenters. The Morgan fingerprint density at radius 1 is 1.04 bits per heavy atom. The van der Waals surface area contributed by atoms with Gasteiger partial charge in [-0.1, -0.05) is 12.1 Å². The molecule has 0 bridgehead atoms. The molecule has 0 aliphatic heterocycles. The molecule has 5 heteroatoms. The summed E-state index contributed by atoms with van der Waals surface area (Å²) in [6.45, 7) is 0.477. The highest BCUT2D eigenvalue weighted by atomic mass is 79.9. The quantitative estimate of drug-likeness (QED) is 0.635. The molecule has 0 radical (unpaired) electrons. The number of hydrogen-bond donors (Lipinski definition) is 1. The Morgan fingerprint density at radius 3 is 2.71 bits per heavy atom. The summed E-state index contributed by atoms with van der Waals surface area (Å²) in [4.78, 5) is 4.09. The monoisotopic (exact) mass is 384 g/mol. The van der Waals surface area contributed by atoms with Crippen LogP contribution in [0.1, 0.15) is 5.56 Å². The van der Waals surface area contributed by atoms with Crippen molar-refractivity contribution in [1.82, 2.24) is 4.98 Å². The van der Waals surface area contributed by atoms with Crippen LogP contribution in [-0.4, -0.2) is 12.1 Å². The molecule has 0 fully saturated rings. The molecule has 0 aliphatic carbocycles. The van der Waals surface area contributed by atoms with Gasteiger partial charge in [0.15, 0.2) is 0 Å². The second-order valence-electron chi connectivity index (χ2n) is 5.15. The Hall–Kier alpha value is -2.53. The Kier molecular flexibility index (Phi) is 5.33. The molecule has 3 aromatic rings. The first kappa shape index (κ1) is 16.3. The number of halogens is 1. The number of nitrogens with zero attached hydrogens (tertiary/aromatic N) is 1. The van der Waals surface area contributed by atoms with E-state index in [2.05, 4.69) is 26.2 Å². The van der Waals surface area contributed by atoms with E-state index in [1.807, 2.05) is 54.6 Å². The van der Waals surface area contributed by atoms with Gasteiger partial charge in [-0.05, 0) is 64.0 Å². The Labute approximate surface area is 149 Å². The van der Waals surface area contributed by atoms with Crippen LogP contribution in [0.5, 0.6) is 11.5 Å². The molecule has 1 aromatic heterocycles. The first-order chi connectivity index (χ1) is 11.7. The predicted molar refractivity (Wildman–Crippen MR) is 99.0 cm³/mol. The molecule has 4 nitrogen and oxygen atoms in total. The summed E-state index contributed by atoms with van der Waals surface area (Å²) < 4.78 is 12.0. The lowest BCUT2D eigenvalue weighted by atomic mass is 10.2. The van der Waals surface area contributed by atoms with Crippen LogP contribution < -0.4 is 14.8 Å². The number of methoxy groups -OCH3 is 1. The molecule has 1 heterocycles. The summed E-state index contributed by atoms with van der Waals surface area (Å²) in [5.41, 5.74) is 2.96. The zero-order valence-electron chi connectivity index (χ0n) is 13.2. The summed E-state index contributed by atoms with van der Waals surface area (Å²) >= 11 is 3.56. The van der Waals surface area contributed by atoms with Crippen molar-refractivity contribution in [3.8, 4) is 11.5 Å². The maximum absolute atomic E-state index is 5.88. The van der Waals surface area contributed by atoms with Crippen LogP contribution >= 0.6 is 15.9 Å². The molecule has 0 amide bonds. The van der Waals surface area contributed by atoms with Gasteiger partial charge in [0.05, 0.1) is 23.5 Å². The lowest BCUT2D eigenvalue weighted by Crippen LogP contribution is -1.97. The third-order valence-corrected chi connectivity index (χ3v) is 4.03. The van der Waals surface area contributed by atoms with E-state index in [-0.39, 0.29) is 0 Å². The van der Waals surface area contributed by atoms with Crippen molar-refractivity contribution < 1.29 is 9.47 Å². The lowest BCUT2D eigenvalue weighted by molar-refractivity contribution is 0.303. The summed E-state index contributed by atoms with van der Waals surface area (Å²) in [5, 5.41) is 3.30. The van der Waals surface area contributed by atoms with Crippen molar-refractivity contribution in [3.63, 3.8) is 0 Å². The van der Waals surface area contributed by atoms with Gasteiger partial charge in [0.1, 0.15) is 18.1 Å². The van der Waals surface area contributed by atoms with Gasteiger partial charge in [-0.25, -0.2) is 0 Å². The van der Waals surface area contributed by atoms with Crippen molar-refractivity contribution in [2.24, 2.45) is 0 Å². The molecule has 0 aliphatic rings.